The summed E-state index contributed by atoms with van der Waals surface area (Å²) >= 11 is 5.19. The fraction of sp³-hybridized carbons (Fsp3) is 0.800. The van der Waals surface area contributed by atoms with Gasteiger partial charge in [0.05, 0.1) is 0 Å². The molecule has 0 radical (unpaired) electrons. The zero-order chi connectivity index (χ0) is 14.6. The average Bonchev–Trinajstić information content (AvgIpc) is 3.37. The van der Waals surface area contributed by atoms with Crippen molar-refractivity contribution in [3.05, 3.63) is 10.6 Å². The number of likely N-dealkylation sites (tertiary alicyclic amines) is 1. The summed E-state index contributed by atoms with van der Waals surface area (Å²) in [6.07, 6.45) is 5.99. The smallest absolute Gasteiger partial charge is 0.226 e. The molecular formula is C15H22N4OS. The highest BCUT2D eigenvalue weighted by molar-refractivity contribution is 7.71. The molecule has 1 aromatic rings. The lowest BCUT2D eigenvalue weighted by Gasteiger charge is -2.32. The summed E-state index contributed by atoms with van der Waals surface area (Å²) in [5, 5.41) is 7.21. The van der Waals surface area contributed by atoms with E-state index < -0.39 is 0 Å². The number of aromatic nitrogens is 3. The average molecular weight is 306 g/mol. The third kappa shape index (κ3) is 2.43. The SMILES string of the molecule is Cn1c([C@@H]2CCCN(C(=O)[C@H]3C[C@@H]3C3CC3)C2)n[nH]c1=S. The Labute approximate surface area is 129 Å². The zero-order valence-corrected chi connectivity index (χ0v) is 13.2. The van der Waals surface area contributed by atoms with Crippen LogP contribution in [0.5, 0.6) is 0 Å². The molecule has 1 saturated heterocycles. The predicted octanol–water partition coefficient (Wildman–Crippen LogP) is 2.23. The standard InChI is InChI=1S/C15H22N4OS/c1-18-13(16-17-15(18)21)10-3-2-6-19(8-10)14(20)12-7-11(12)9-4-5-9/h9-12H,2-8H2,1H3,(H,17,21)/t10-,11-,12+/m1/s1. The number of H-pyrrole nitrogens is 1. The molecule has 2 saturated carbocycles. The summed E-state index contributed by atoms with van der Waals surface area (Å²) in [5.41, 5.74) is 0. The molecule has 114 valence electrons. The minimum absolute atomic E-state index is 0.318. The number of aromatic amines is 1. The molecule has 0 aromatic carbocycles. The first-order valence-electron chi connectivity index (χ1n) is 8.05. The second kappa shape index (κ2) is 4.93. The van der Waals surface area contributed by atoms with Gasteiger partial charge in [0.15, 0.2) is 4.77 Å². The molecule has 2 heterocycles. The third-order valence-electron chi connectivity index (χ3n) is 5.40. The van der Waals surface area contributed by atoms with E-state index >= 15 is 0 Å². The molecule has 0 bridgehead atoms. The van der Waals surface area contributed by atoms with Crippen LogP contribution >= 0.6 is 12.2 Å². The molecule has 0 unspecified atom stereocenters. The first-order valence-corrected chi connectivity index (χ1v) is 8.46. The van der Waals surface area contributed by atoms with Gasteiger partial charge in [-0.3, -0.25) is 9.89 Å². The summed E-state index contributed by atoms with van der Waals surface area (Å²) < 4.78 is 2.60. The van der Waals surface area contributed by atoms with Gasteiger partial charge >= 0.3 is 0 Å². The zero-order valence-electron chi connectivity index (χ0n) is 12.4. The molecule has 3 fully saturated rings. The Hall–Kier alpha value is -1.17. The Morgan fingerprint density at radius 1 is 1.38 bits per heavy atom. The van der Waals surface area contributed by atoms with Crippen LogP contribution in [0.25, 0.3) is 0 Å². The molecule has 6 heteroatoms. The number of carbonyl (C=O) groups excluding carboxylic acids is 1. The Morgan fingerprint density at radius 2 is 2.19 bits per heavy atom. The Morgan fingerprint density at radius 3 is 2.86 bits per heavy atom. The van der Waals surface area contributed by atoms with Crippen LogP contribution in [0.4, 0.5) is 0 Å². The maximum Gasteiger partial charge on any atom is 0.226 e. The first kappa shape index (κ1) is 13.5. The molecule has 1 aromatic heterocycles. The number of piperidine rings is 1. The van der Waals surface area contributed by atoms with Gasteiger partial charge in [0.1, 0.15) is 5.82 Å². The van der Waals surface area contributed by atoms with Crippen molar-refractivity contribution in [2.45, 2.75) is 38.0 Å². The van der Waals surface area contributed by atoms with E-state index in [9.17, 15) is 4.79 Å². The van der Waals surface area contributed by atoms with Crippen LogP contribution in [0.1, 0.15) is 43.8 Å². The van der Waals surface area contributed by atoms with E-state index in [0.717, 1.165) is 44.1 Å². The first-order chi connectivity index (χ1) is 10.1. The highest BCUT2D eigenvalue weighted by Crippen LogP contribution is 2.55. The summed E-state index contributed by atoms with van der Waals surface area (Å²) in [7, 11) is 1.95. The molecule has 1 amide bonds. The minimum atomic E-state index is 0.318. The monoisotopic (exact) mass is 306 g/mol. The van der Waals surface area contributed by atoms with Crippen molar-refractivity contribution < 1.29 is 4.79 Å². The third-order valence-corrected chi connectivity index (χ3v) is 5.76. The molecule has 1 N–H and O–H groups in total. The van der Waals surface area contributed by atoms with Crippen LogP contribution in [-0.2, 0) is 11.8 Å². The van der Waals surface area contributed by atoms with Crippen molar-refractivity contribution in [1.82, 2.24) is 19.7 Å². The van der Waals surface area contributed by atoms with Gasteiger partial charge in [-0.2, -0.15) is 5.10 Å². The Balaban J connectivity index is 1.44. The van der Waals surface area contributed by atoms with E-state index in [-0.39, 0.29) is 0 Å². The molecule has 1 aliphatic heterocycles. The van der Waals surface area contributed by atoms with Gasteiger partial charge < -0.3 is 9.47 Å². The summed E-state index contributed by atoms with van der Waals surface area (Å²) in [5.74, 6) is 3.61. The summed E-state index contributed by atoms with van der Waals surface area (Å²) in [4.78, 5) is 14.7. The van der Waals surface area contributed by atoms with Gasteiger partial charge in [0, 0.05) is 32.0 Å². The lowest BCUT2D eigenvalue weighted by molar-refractivity contribution is -0.134. The molecule has 3 aliphatic rings. The van der Waals surface area contributed by atoms with E-state index in [1.807, 2.05) is 11.6 Å². The van der Waals surface area contributed by atoms with Gasteiger partial charge in [0.25, 0.3) is 0 Å². The lowest BCUT2D eigenvalue weighted by Crippen LogP contribution is -2.40. The molecule has 4 rings (SSSR count). The fourth-order valence-corrected chi connectivity index (χ4v) is 4.03. The Bertz CT molecular complexity index is 617. The number of hydrogen-bond donors (Lipinski definition) is 1. The number of nitrogens with zero attached hydrogens (tertiary/aromatic N) is 3. The van der Waals surface area contributed by atoms with E-state index in [4.69, 9.17) is 12.2 Å². The van der Waals surface area contributed by atoms with Crippen LogP contribution in [-0.4, -0.2) is 38.7 Å². The van der Waals surface area contributed by atoms with Gasteiger partial charge in [-0.1, -0.05) is 0 Å². The Kier molecular flexibility index (Phi) is 3.17. The van der Waals surface area contributed by atoms with Gasteiger partial charge in [-0.15, -0.1) is 0 Å². The van der Waals surface area contributed by atoms with Gasteiger partial charge in [-0.25, -0.2) is 0 Å². The lowest BCUT2D eigenvalue weighted by atomic mass is 9.96. The molecule has 2 aliphatic carbocycles. The van der Waals surface area contributed by atoms with Crippen molar-refractivity contribution in [2.75, 3.05) is 13.1 Å². The van der Waals surface area contributed by atoms with Crippen LogP contribution in [0.3, 0.4) is 0 Å². The normalized spacial score (nSPS) is 32.2. The summed E-state index contributed by atoms with van der Waals surface area (Å²) in [6, 6.07) is 0. The van der Waals surface area contributed by atoms with E-state index in [1.165, 1.54) is 12.8 Å². The number of amides is 1. The van der Waals surface area contributed by atoms with Crippen molar-refractivity contribution in [3.63, 3.8) is 0 Å². The topological polar surface area (TPSA) is 53.9 Å². The maximum absolute atomic E-state index is 12.6. The molecule has 0 spiro atoms. The highest BCUT2D eigenvalue weighted by Gasteiger charge is 2.52. The fourth-order valence-electron chi connectivity index (χ4n) is 3.89. The van der Waals surface area contributed by atoms with E-state index in [1.54, 1.807) is 0 Å². The maximum atomic E-state index is 12.6. The number of nitrogens with one attached hydrogen (secondary N) is 1. The quantitative estimate of drug-likeness (QED) is 0.871. The predicted molar refractivity (Wildman–Crippen MR) is 81.3 cm³/mol. The second-order valence-corrected chi connectivity index (χ2v) is 7.30. The second-order valence-electron chi connectivity index (χ2n) is 6.91. The largest absolute Gasteiger partial charge is 0.342 e. The number of hydrogen-bond acceptors (Lipinski definition) is 3. The van der Waals surface area contributed by atoms with Crippen LogP contribution in [0.15, 0.2) is 0 Å². The molecule has 5 nitrogen and oxygen atoms in total. The molecular weight excluding hydrogens is 284 g/mol. The van der Waals surface area contributed by atoms with Crippen molar-refractivity contribution in [1.29, 1.82) is 0 Å². The number of rotatable bonds is 3. The highest BCUT2D eigenvalue weighted by atomic mass is 32.1. The van der Waals surface area contributed by atoms with Crippen molar-refractivity contribution in [2.24, 2.45) is 24.8 Å². The van der Waals surface area contributed by atoms with E-state index in [2.05, 4.69) is 15.1 Å². The molecule has 21 heavy (non-hydrogen) atoms. The number of carbonyl (C=O) groups is 1. The van der Waals surface area contributed by atoms with Gasteiger partial charge in [0.2, 0.25) is 5.91 Å². The van der Waals surface area contributed by atoms with Crippen molar-refractivity contribution in [3.8, 4) is 0 Å². The van der Waals surface area contributed by atoms with Crippen LogP contribution < -0.4 is 0 Å². The van der Waals surface area contributed by atoms with Crippen molar-refractivity contribution >= 4 is 18.1 Å². The van der Waals surface area contributed by atoms with Crippen LogP contribution in [0.2, 0.25) is 0 Å². The summed E-state index contributed by atoms with van der Waals surface area (Å²) in [6.45, 7) is 1.72. The molecule has 3 atom stereocenters. The minimum Gasteiger partial charge on any atom is -0.342 e. The van der Waals surface area contributed by atoms with E-state index in [0.29, 0.717) is 28.4 Å². The van der Waals surface area contributed by atoms with Gasteiger partial charge in [-0.05, 0) is 56.2 Å². The van der Waals surface area contributed by atoms with Crippen LogP contribution in [0, 0.1) is 22.5 Å².